The number of hydrogen-bond donors (Lipinski definition) is 2. The highest BCUT2D eigenvalue weighted by atomic mass is 35.5. The van der Waals surface area contributed by atoms with E-state index in [1.54, 1.807) is 12.1 Å². The van der Waals surface area contributed by atoms with Crippen molar-refractivity contribution in [1.29, 1.82) is 0 Å². The minimum absolute atomic E-state index is 0.135. The van der Waals surface area contributed by atoms with Gasteiger partial charge in [-0.2, -0.15) is 0 Å². The predicted octanol–water partition coefficient (Wildman–Crippen LogP) is 2.87. The Morgan fingerprint density at radius 1 is 1.39 bits per heavy atom. The van der Waals surface area contributed by atoms with Crippen LogP contribution >= 0.6 is 23.2 Å². The molecule has 0 saturated carbocycles. The Bertz CT molecular complexity index is 426. The highest BCUT2D eigenvalue weighted by molar-refractivity contribution is 6.35. The molecular weight excluding hydrogens is 271 g/mol. The molecule has 1 heterocycles. The van der Waals surface area contributed by atoms with E-state index in [9.17, 15) is 5.11 Å². The van der Waals surface area contributed by atoms with Gasteiger partial charge in [0.05, 0.1) is 5.02 Å². The van der Waals surface area contributed by atoms with Crippen LogP contribution in [0, 0.1) is 5.92 Å². The fraction of sp³-hybridized carbons (Fsp3) is 0.538. The monoisotopic (exact) mass is 288 g/mol. The van der Waals surface area contributed by atoms with E-state index in [2.05, 4.69) is 4.90 Å². The third-order valence-corrected chi connectivity index (χ3v) is 3.94. The molecule has 3 N–H and O–H groups in total. The summed E-state index contributed by atoms with van der Waals surface area (Å²) < 4.78 is 0. The number of phenols is 1. The Hall–Kier alpha value is -0.480. The van der Waals surface area contributed by atoms with Gasteiger partial charge in [-0.25, -0.2) is 0 Å². The van der Waals surface area contributed by atoms with E-state index in [1.165, 1.54) is 6.42 Å². The average molecular weight is 289 g/mol. The normalized spacial score (nSPS) is 21.2. The van der Waals surface area contributed by atoms with E-state index in [0.717, 1.165) is 31.6 Å². The Morgan fingerprint density at radius 3 is 2.89 bits per heavy atom. The van der Waals surface area contributed by atoms with Gasteiger partial charge in [0.15, 0.2) is 0 Å². The lowest BCUT2D eigenvalue weighted by atomic mass is 9.98. The summed E-state index contributed by atoms with van der Waals surface area (Å²) in [5.41, 5.74) is 6.50. The fourth-order valence-corrected chi connectivity index (χ4v) is 3.00. The lowest BCUT2D eigenvalue weighted by Crippen LogP contribution is -2.37. The number of nitrogens with zero attached hydrogens (tertiary/aromatic N) is 1. The molecule has 1 fully saturated rings. The molecule has 0 aromatic heterocycles. The van der Waals surface area contributed by atoms with Gasteiger partial charge < -0.3 is 10.8 Å². The van der Waals surface area contributed by atoms with Crippen molar-refractivity contribution in [3.05, 3.63) is 27.7 Å². The molecule has 0 amide bonds. The van der Waals surface area contributed by atoms with Crippen molar-refractivity contribution < 1.29 is 5.11 Å². The van der Waals surface area contributed by atoms with Crippen molar-refractivity contribution in [3.8, 4) is 5.75 Å². The molecule has 1 unspecified atom stereocenters. The lowest BCUT2D eigenvalue weighted by Gasteiger charge is -2.32. The summed E-state index contributed by atoms with van der Waals surface area (Å²) >= 11 is 11.9. The van der Waals surface area contributed by atoms with E-state index < -0.39 is 0 Å². The summed E-state index contributed by atoms with van der Waals surface area (Å²) in [4.78, 5) is 2.29. The molecular formula is C13H18Cl2N2O. The molecule has 1 atom stereocenters. The Kier molecular flexibility index (Phi) is 4.73. The van der Waals surface area contributed by atoms with Crippen LogP contribution in [0.5, 0.6) is 5.75 Å². The van der Waals surface area contributed by atoms with Gasteiger partial charge in [0.25, 0.3) is 0 Å². The van der Waals surface area contributed by atoms with Gasteiger partial charge >= 0.3 is 0 Å². The summed E-state index contributed by atoms with van der Waals surface area (Å²) in [6.45, 7) is 3.39. The van der Waals surface area contributed by atoms with Gasteiger partial charge in [0.1, 0.15) is 5.75 Å². The van der Waals surface area contributed by atoms with Gasteiger partial charge in [0, 0.05) is 23.7 Å². The van der Waals surface area contributed by atoms with Crippen LogP contribution in [-0.2, 0) is 6.54 Å². The minimum Gasteiger partial charge on any atom is -0.506 e. The molecule has 1 aromatic rings. The zero-order chi connectivity index (χ0) is 13.1. The number of hydrogen-bond acceptors (Lipinski definition) is 3. The van der Waals surface area contributed by atoms with E-state index in [0.29, 0.717) is 22.5 Å². The van der Waals surface area contributed by atoms with Crippen LogP contribution in [0.1, 0.15) is 18.4 Å². The molecule has 1 aliphatic heterocycles. The maximum absolute atomic E-state index is 9.93. The Labute approximate surface area is 117 Å². The molecule has 1 saturated heterocycles. The highest BCUT2D eigenvalue weighted by Crippen LogP contribution is 2.32. The molecule has 0 bridgehead atoms. The summed E-state index contributed by atoms with van der Waals surface area (Å²) in [5, 5.41) is 10.8. The predicted molar refractivity (Wildman–Crippen MR) is 75.2 cm³/mol. The smallest absolute Gasteiger partial charge is 0.138 e. The largest absolute Gasteiger partial charge is 0.506 e. The van der Waals surface area contributed by atoms with Crippen LogP contribution < -0.4 is 5.73 Å². The SMILES string of the molecule is NCC1CCCN(Cc2cc(Cl)cc(Cl)c2O)C1. The number of piperidine rings is 1. The average Bonchev–Trinajstić information content (AvgIpc) is 2.35. The topological polar surface area (TPSA) is 49.5 Å². The lowest BCUT2D eigenvalue weighted by molar-refractivity contribution is 0.169. The van der Waals surface area contributed by atoms with Gasteiger partial charge in [-0.15, -0.1) is 0 Å². The van der Waals surface area contributed by atoms with Crippen molar-refractivity contribution in [2.45, 2.75) is 19.4 Å². The standard InChI is InChI=1S/C13H18Cl2N2O/c14-11-4-10(13(18)12(15)5-11)8-17-3-1-2-9(6-16)7-17/h4-5,9,18H,1-3,6-8,16H2. The maximum Gasteiger partial charge on any atom is 0.138 e. The first-order chi connectivity index (χ1) is 8.60. The third kappa shape index (κ3) is 3.29. The van der Waals surface area contributed by atoms with Gasteiger partial charge in [-0.1, -0.05) is 23.2 Å². The number of rotatable bonds is 3. The number of phenolic OH excluding ortho intramolecular Hbond substituents is 1. The number of benzene rings is 1. The van der Waals surface area contributed by atoms with Gasteiger partial charge in [-0.3, -0.25) is 4.90 Å². The van der Waals surface area contributed by atoms with Crippen molar-refractivity contribution >= 4 is 23.2 Å². The van der Waals surface area contributed by atoms with E-state index >= 15 is 0 Å². The van der Waals surface area contributed by atoms with Crippen LogP contribution in [0.3, 0.4) is 0 Å². The van der Waals surface area contributed by atoms with Crippen LogP contribution in [0.15, 0.2) is 12.1 Å². The Balaban J connectivity index is 2.09. The number of aromatic hydroxyl groups is 1. The molecule has 2 rings (SSSR count). The summed E-state index contributed by atoms with van der Waals surface area (Å²) in [6, 6.07) is 3.33. The summed E-state index contributed by atoms with van der Waals surface area (Å²) in [5.74, 6) is 0.687. The van der Waals surface area contributed by atoms with Crippen LogP contribution in [0.25, 0.3) is 0 Å². The third-order valence-electron chi connectivity index (χ3n) is 3.44. The van der Waals surface area contributed by atoms with Crippen molar-refractivity contribution in [3.63, 3.8) is 0 Å². The number of likely N-dealkylation sites (tertiary alicyclic amines) is 1. The number of nitrogens with two attached hydrogens (primary N) is 1. The first kappa shape index (κ1) is 13.9. The van der Waals surface area contributed by atoms with E-state index in [1.807, 2.05) is 0 Å². The molecule has 0 radical (unpaired) electrons. The summed E-state index contributed by atoms with van der Waals surface area (Å²) in [6.07, 6.45) is 2.34. The van der Waals surface area contributed by atoms with Crippen LogP contribution in [-0.4, -0.2) is 29.6 Å². The first-order valence-corrected chi connectivity index (χ1v) is 6.95. The van der Waals surface area contributed by atoms with Gasteiger partial charge in [0.2, 0.25) is 0 Å². The van der Waals surface area contributed by atoms with Crippen molar-refractivity contribution in [2.75, 3.05) is 19.6 Å². The second kappa shape index (κ2) is 6.11. The van der Waals surface area contributed by atoms with E-state index in [4.69, 9.17) is 28.9 Å². The fourth-order valence-electron chi connectivity index (χ4n) is 2.47. The molecule has 18 heavy (non-hydrogen) atoms. The maximum atomic E-state index is 9.93. The van der Waals surface area contributed by atoms with Crippen LogP contribution in [0.4, 0.5) is 0 Å². The Morgan fingerprint density at radius 2 is 2.17 bits per heavy atom. The minimum atomic E-state index is 0.135. The second-order valence-corrected chi connectivity index (χ2v) is 5.72. The highest BCUT2D eigenvalue weighted by Gasteiger charge is 2.20. The molecule has 0 spiro atoms. The van der Waals surface area contributed by atoms with E-state index in [-0.39, 0.29) is 5.75 Å². The van der Waals surface area contributed by atoms with Crippen LogP contribution in [0.2, 0.25) is 10.0 Å². The molecule has 5 heteroatoms. The zero-order valence-corrected chi connectivity index (χ0v) is 11.7. The summed E-state index contributed by atoms with van der Waals surface area (Å²) in [7, 11) is 0. The molecule has 1 aromatic carbocycles. The van der Waals surface area contributed by atoms with Crippen molar-refractivity contribution in [2.24, 2.45) is 11.7 Å². The molecule has 3 nitrogen and oxygen atoms in total. The molecule has 0 aliphatic carbocycles. The zero-order valence-electron chi connectivity index (χ0n) is 10.2. The van der Waals surface area contributed by atoms with Gasteiger partial charge in [-0.05, 0) is 44.0 Å². The molecule has 100 valence electrons. The first-order valence-electron chi connectivity index (χ1n) is 6.19. The quantitative estimate of drug-likeness (QED) is 0.899. The van der Waals surface area contributed by atoms with Crippen molar-refractivity contribution in [1.82, 2.24) is 4.90 Å². The number of halogens is 2. The molecule has 1 aliphatic rings. The second-order valence-electron chi connectivity index (χ2n) is 4.87.